The summed E-state index contributed by atoms with van der Waals surface area (Å²) in [6.07, 6.45) is 1.57. The molecule has 110 valence electrons. The number of nitrogen functional groups attached to an aromatic ring is 1. The van der Waals surface area contributed by atoms with E-state index in [-0.39, 0.29) is 11.7 Å². The molecule has 0 aliphatic rings. The monoisotopic (exact) mass is 347 g/mol. The Hall–Kier alpha value is -1.88. The fraction of sp³-hybridized carbons (Fsp3) is 0.250. The van der Waals surface area contributed by atoms with Crippen LogP contribution >= 0.6 is 15.9 Å². The predicted molar refractivity (Wildman–Crippen MR) is 88.1 cm³/mol. The van der Waals surface area contributed by atoms with Crippen molar-refractivity contribution in [2.75, 3.05) is 5.73 Å². The van der Waals surface area contributed by atoms with Crippen molar-refractivity contribution in [1.29, 1.82) is 0 Å². The van der Waals surface area contributed by atoms with E-state index < -0.39 is 0 Å². The number of nitrogens with zero attached hydrogens (tertiary/aromatic N) is 1. The predicted octanol–water partition coefficient (Wildman–Crippen LogP) is 3.48. The molecule has 0 bridgehead atoms. The normalized spacial score (nSPS) is 10.7. The van der Waals surface area contributed by atoms with Crippen molar-refractivity contribution in [2.24, 2.45) is 0 Å². The molecule has 0 unspecified atom stereocenters. The van der Waals surface area contributed by atoms with E-state index in [1.54, 1.807) is 12.3 Å². The van der Waals surface area contributed by atoms with E-state index in [0.29, 0.717) is 18.0 Å². The molecule has 2 rings (SSSR count). The van der Waals surface area contributed by atoms with Crippen LogP contribution in [0.15, 0.2) is 41.0 Å². The molecule has 0 atom stereocenters. The summed E-state index contributed by atoms with van der Waals surface area (Å²) in [5.74, 6) is 0.501. The Morgan fingerprint density at radius 2 is 2.00 bits per heavy atom. The molecule has 1 amide bonds. The number of amides is 1. The summed E-state index contributed by atoms with van der Waals surface area (Å²) in [4.78, 5) is 16.1. The van der Waals surface area contributed by atoms with Crippen LogP contribution in [0.25, 0.3) is 0 Å². The van der Waals surface area contributed by atoms with Gasteiger partial charge in [-0.15, -0.1) is 0 Å². The lowest BCUT2D eigenvalue weighted by atomic mass is 10.0. The summed E-state index contributed by atoms with van der Waals surface area (Å²) in [5.41, 5.74) is 8.43. The number of hydrogen-bond acceptors (Lipinski definition) is 3. The SMILES string of the molecule is CC(C)c1ccc(CNC(=O)c2cc(Br)cnc2N)cc1. The number of aromatic nitrogens is 1. The first-order valence-electron chi connectivity index (χ1n) is 6.75. The molecular formula is C16H18BrN3O. The van der Waals surface area contributed by atoms with Crippen molar-refractivity contribution < 1.29 is 4.79 Å². The summed E-state index contributed by atoms with van der Waals surface area (Å²) in [6.45, 7) is 4.77. The second-order valence-electron chi connectivity index (χ2n) is 5.17. The number of nitrogens with two attached hydrogens (primary N) is 1. The molecule has 1 heterocycles. The first kappa shape index (κ1) is 15.5. The summed E-state index contributed by atoms with van der Waals surface area (Å²) in [7, 11) is 0. The van der Waals surface area contributed by atoms with E-state index >= 15 is 0 Å². The summed E-state index contributed by atoms with van der Waals surface area (Å²) < 4.78 is 0.725. The van der Waals surface area contributed by atoms with Crippen LogP contribution in [-0.4, -0.2) is 10.9 Å². The average Bonchev–Trinajstić information content (AvgIpc) is 2.47. The molecule has 0 saturated heterocycles. The van der Waals surface area contributed by atoms with Crippen molar-refractivity contribution in [3.8, 4) is 0 Å². The molecule has 0 spiro atoms. The summed E-state index contributed by atoms with van der Waals surface area (Å²) >= 11 is 3.28. The molecule has 0 aliphatic heterocycles. The van der Waals surface area contributed by atoms with Crippen LogP contribution in [0.5, 0.6) is 0 Å². The molecule has 1 aromatic carbocycles. The first-order chi connectivity index (χ1) is 9.97. The van der Waals surface area contributed by atoms with Gasteiger partial charge in [-0.25, -0.2) is 4.98 Å². The third kappa shape index (κ3) is 4.04. The number of benzene rings is 1. The highest BCUT2D eigenvalue weighted by atomic mass is 79.9. The van der Waals surface area contributed by atoms with Gasteiger partial charge >= 0.3 is 0 Å². The maximum absolute atomic E-state index is 12.1. The Kier molecular flexibility index (Phi) is 4.96. The Morgan fingerprint density at radius 1 is 1.33 bits per heavy atom. The van der Waals surface area contributed by atoms with E-state index in [2.05, 4.69) is 52.2 Å². The molecule has 2 aromatic rings. The first-order valence-corrected chi connectivity index (χ1v) is 7.54. The van der Waals surface area contributed by atoms with Crippen LogP contribution < -0.4 is 11.1 Å². The Labute approximate surface area is 132 Å². The average molecular weight is 348 g/mol. The second-order valence-corrected chi connectivity index (χ2v) is 6.08. The largest absolute Gasteiger partial charge is 0.383 e. The standard InChI is InChI=1S/C16H18BrN3O/c1-10(2)12-5-3-11(4-6-12)8-20-16(21)14-7-13(17)9-19-15(14)18/h3-7,9-10H,8H2,1-2H3,(H2,18,19)(H,20,21). The van der Waals surface area contributed by atoms with Crippen molar-refractivity contribution >= 4 is 27.7 Å². The van der Waals surface area contributed by atoms with Gasteiger partial charge < -0.3 is 11.1 Å². The molecular weight excluding hydrogens is 330 g/mol. The number of rotatable bonds is 4. The molecule has 0 saturated carbocycles. The highest BCUT2D eigenvalue weighted by molar-refractivity contribution is 9.10. The van der Waals surface area contributed by atoms with E-state index in [1.165, 1.54) is 5.56 Å². The number of hydrogen-bond donors (Lipinski definition) is 2. The van der Waals surface area contributed by atoms with Gasteiger partial charge in [0.1, 0.15) is 5.82 Å². The highest BCUT2D eigenvalue weighted by Gasteiger charge is 2.11. The Morgan fingerprint density at radius 3 is 2.62 bits per heavy atom. The van der Waals surface area contributed by atoms with Gasteiger partial charge in [0.25, 0.3) is 5.91 Å². The third-order valence-electron chi connectivity index (χ3n) is 3.23. The van der Waals surface area contributed by atoms with Crippen LogP contribution in [0.2, 0.25) is 0 Å². The third-order valence-corrected chi connectivity index (χ3v) is 3.66. The minimum Gasteiger partial charge on any atom is -0.383 e. The zero-order valence-corrected chi connectivity index (χ0v) is 13.6. The Bertz CT molecular complexity index is 638. The number of pyridine rings is 1. The zero-order chi connectivity index (χ0) is 15.4. The quantitative estimate of drug-likeness (QED) is 0.889. The van der Waals surface area contributed by atoms with Gasteiger partial charge in [-0.1, -0.05) is 38.1 Å². The maximum Gasteiger partial charge on any atom is 0.255 e. The maximum atomic E-state index is 12.1. The van der Waals surface area contributed by atoms with Crippen molar-refractivity contribution in [3.63, 3.8) is 0 Å². The summed E-state index contributed by atoms with van der Waals surface area (Å²) in [5, 5.41) is 2.85. The molecule has 0 fully saturated rings. The van der Waals surface area contributed by atoms with Gasteiger partial charge in [0.05, 0.1) is 5.56 Å². The van der Waals surface area contributed by atoms with E-state index in [9.17, 15) is 4.79 Å². The highest BCUT2D eigenvalue weighted by Crippen LogP contribution is 2.16. The Balaban J connectivity index is 2.02. The number of halogens is 1. The van der Waals surface area contributed by atoms with Gasteiger partial charge in [-0.05, 0) is 39.0 Å². The van der Waals surface area contributed by atoms with Crippen LogP contribution in [0, 0.1) is 0 Å². The fourth-order valence-electron chi connectivity index (χ4n) is 1.93. The molecule has 0 radical (unpaired) electrons. The van der Waals surface area contributed by atoms with Crippen molar-refractivity contribution in [3.05, 3.63) is 57.7 Å². The lowest BCUT2D eigenvalue weighted by Crippen LogP contribution is -2.24. The van der Waals surface area contributed by atoms with Gasteiger partial charge in [0, 0.05) is 17.2 Å². The number of anilines is 1. The van der Waals surface area contributed by atoms with Crippen LogP contribution in [0.4, 0.5) is 5.82 Å². The molecule has 21 heavy (non-hydrogen) atoms. The lowest BCUT2D eigenvalue weighted by molar-refractivity contribution is 0.0951. The van der Waals surface area contributed by atoms with Gasteiger partial charge in [0.15, 0.2) is 0 Å². The lowest BCUT2D eigenvalue weighted by Gasteiger charge is -2.09. The molecule has 0 aliphatic carbocycles. The van der Waals surface area contributed by atoms with Crippen molar-refractivity contribution in [2.45, 2.75) is 26.3 Å². The number of nitrogens with one attached hydrogen (secondary N) is 1. The van der Waals surface area contributed by atoms with Crippen LogP contribution in [0.1, 0.15) is 41.3 Å². The minimum absolute atomic E-state index is 0.228. The number of carbonyl (C=O) groups excluding carboxylic acids is 1. The van der Waals surface area contributed by atoms with Crippen LogP contribution in [0.3, 0.4) is 0 Å². The molecule has 1 aromatic heterocycles. The molecule has 5 heteroatoms. The van der Waals surface area contributed by atoms with Gasteiger partial charge in [-0.2, -0.15) is 0 Å². The van der Waals surface area contributed by atoms with Crippen molar-refractivity contribution in [1.82, 2.24) is 10.3 Å². The van der Waals surface area contributed by atoms with E-state index in [1.807, 2.05) is 12.1 Å². The molecule has 4 nitrogen and oxygen atoms in total. The zero-order valence-electron chi connectivity index (χ0n) is 12.1. The smallest absolute Gasteiger partial charge is 0.255 e. The van der Waals surface area contributed by atoms with E-state index in [0.717, 1.165) is 10.0 Å². The number of carbonyl (C=O) groups is 1. The summed E-state index contributed by atoms with van der Waals surface area (Å²) in [6, 6.07) is 9.89. The fourth-order valence-corrected chi connectivity index (χ4v) is 2.26. The second kappa shape index (κ2) is 6.72. The minimum atomic E-state index is -0.228. The van der Waals surface area contributed by atoms with Crippen LogP contribution in [-0.2, 0) is 6.54 Å². The topological polar surface area (TPSA) is 68.0 Å². The van der Waals surface area contributed by atoms with Gasteiger partial charge in [-0.3, -0.25) is 4.79 Å². The van der Waals surface area contributed by atoms with Gasteiger partial charge in [0.2, 0.25) is 0 Å². The molecule has 3 N–H and O–H groups in total. The van der Waals surface area contributed by atoms with E-state index in [4.69, 9.17) is 5.73 Å².